The lowest BCUT2D eigenvalue weighted by Gasteiger charge is -2.13. The number of carbonyl (C=O) groups excluding carboxylic acids is 1. The van der Waals surface area contributed by atoms with Gasteiger partial charge < -0.3 is 10.6 Å². The number of carbonyl (C=O) groups is 1. The van der Waals surface area contributed by atoms with Gasteiger partial charge in [-0.25, -0.2) is 0 Å². The van der Waals surface area contributed by atoms with E-state index in [1.807, 2.05) is 13.8 Å². The normalized spacial score (nSPS) is 11.7. The van der Waals surface area contributed by atoms with Crippen LogP contribution in [-0.4, -0.2) is 18.5 Å². The predicted molar refractivity (Wildman–Crippen MR) is 71.0 cm³/mol. The Labute approximate surface area is 116 Å². The summed E-state index contributed by atoms with van der Waals surface area (Å²) < 4.78 is 38.2. The second-order valence-corrected chi connectivity index (χ2v) is 4.79. The first-order valence-electron chi connectivity index (χ1n) is 6.46. The van der Waals surface area contributed by atoms with Gasteiger partial charge in [-0.3, -0.25) is 4.79 Å². The van der Waals surface area contributed by atoms with E-state index in [9.17, 15) is 18.0 Å². The van der Waals surface area contributed by atoms with Crippen molar-refractivity contribution in [1.82, 2.24) is 10.6 Å². The molecule has 0 spiro atoms. The second-order valence-electron chi connectivity index (χ2n) is 4.79. The van der Waals surface area contributed by atoms with Gasteiger partial charge in [0.15, 0.2) is 0 Å². The third-order valence-electron chi connectivity index (χ3n) is 2.70. The van der Waals surface area contributed by atoms with Gasteiger partial charge >= 0.3 is 6.18 Å². The minimum absolute atomic E-state index is 0.0742. The molecule has 1 rings (SSSR count). The Hall–Kier alpha value is -1.56. The van der Waals surface area contributed by atoms with Crippen molar-refractivity contribution >= 4 is 5.91 Å². The number of amides is 1. The van der Waals surface area contributed by atoms with Crippen molar-refractivity contribution in [3.05, 3.63) is 35.4 Å². The molecule has 0 unspecified atom stereocenters. The Morgan fingerprint density at radius 1 is 1.25 bits per heavy atom. The van der Waals surface area contributed by atoms with Crippen LogP contribution in [0.15, 0.2) is 24.3 Å². The minimum Gasteiger partial charge on any atom is -0.352 e. The highest BCUT2D eigenvalue weighted by atomic mass is 19.4. The summed E-state index contributed by atoms with van der Waals surface area (Å²) >= 11 is 0. The predicted octanol–water partition coefficient (Wildman–Crippen LogP) is 2.71. The molecule has 0 aliphatic rings. The van der Waals surface area contributed by atoms with Crippen LogP contribution >= 0.6 is 0 Å². The first-order valence-corrected chi connectivity index (χ1v) is 6.46. The third-order valence-corrected chi connectivity index (χ3v) is 2.70. The molecular weight excluding hydrogens is 269 g/mol. The Morgan fingerprint density at radius 2 is 1.90 bits per heavy atom. The zero-order valence-corrected chi connectivity index (χ0v) is 11.6. The number of alkyl halides is 3. The molecule has 1 aromatic rings. The molecule has 0 saturated heterocycles. The molecule has 0 aromatic heterocycles. The van der Waals surface area contributed by atoms with Gasteiger partial charge in [-0.1, -0.05) is 32.0 Å². The highest BCUT2D eigenvalue weighted by Gasteiger charge is 2.32. The van der Waals surface area contributed by atoms with Crippen molar-refractivity contribution < 1.29 is 18.0 Å². The summed E-state index contributed by atoms with van der Waals surface area (Å²) in [5.74, 6) is -0.268. The van der Waals surface area contributed by atoms with Crippen LogP contribution in [0.25, 0.3) is 0 Å². The van der Waals surface area contributed by atoms with Crippen molar-refractivity contribution in [3.63, 3.8) is 0 Å². The number of nitrogens with one attached hydrogen (secondary N) is 2. The van der Waals surface area contributed by atoms with Crippen molar-refractivity contribution in [1.29, 1.82) is 0 Å². The van der Waals surface area contributed by atoms with Gasteiger partial charge in [0.05, 0.1) is 5.56 Å². The summed E-state index contributed by atoms with van der Waals surface area (Å²) in [5.41, 5.74) is -0.634. The molecule has 1 aromatic carbocycles. The number of hydrogen-bond acceptors (Lipinski definition) is 2. The van der Waals surface area contributed by atoms with Gasteiger partial charge in [0.1, 0.15) is 0 Å². The van der Waals surface area contributed by atoms with E-state index in [0.717, 1.165) is 6.07 Å². The highest BCUT2D eigenvalue weighted by molar-refractivity contribution is 5.76. The highest BCUT2D eigenvalue weighted by Crippen LogP contribution is 2.31. The van der Waals surface area contributed by atoms with E-state index in [-0.39, 0.29) is 30.5 Å². The minimum atomic E-state index is -4.40. The lowest BCUT2D eigenvalue weighted by molar-refractivity contribution is -0.138. The number of benzene rings is 1. The molecule has 0 aliphatic carbocycles. The third kappa shape index (κ3) is 5.61. The Bertz CT molecular complexity index is 444. The number of rotatable bonds is 6. The molecule has 0 fully saturated rings. The van der Waals surface area contributed by atoms with Gasteiger partial charge in [-0.05, 0) is 11.6 Å². The van der Waals surface area contributed by atoms with E-state index in [2.05, 4.69) is 10.6 Å². The molecule has 0 heterocycles. The van der Waals surface area contributed by atoms with Gasteiger partial charge in [0.2, 0.25) is 5.91 Å². The molecule has 2 N–H and O–H groups in total. The summed E-state index contributed by atoms with van der Waals surface area (Å²) in [6.07, 6.45) is -4.16. The molecule has 112 valence electrons. The fourth-order valence-electron chi connectivity index (χ4n) is 1.71. The molecule has 3 nitrogen and oxygen atoms in total. The fourth-order valence-corrected chi connectivity index (χ4v) is 1.71. The second kappa shape index (κ2) is 7.28. The lowest BCUT2D eigenvalue weighted by atomic mass is 10.1. The van der Waals surface area contributed by atoms with Gasteiger partial charge in [-0.2, -0.15) is 13.2 Å². The van der Waals surface area contributed by atoms with Crippen LogP contribution in [0.4, 0.5) is 13.2 Å². The average Bonchev–Trinajstić information content (AvgIpc) is 2.35. The first-order chi connectivity index (χ1) is 9.30. The molecule has 0 saturated carbocycles. The molecule has 0 atom stereocenters. The first kappa shape index (κ1) is 16.5. The maximum atomic E-state index is 12.7. The van der Waals surface area contributed by atoms with E-state index >= 15 is 0 Å². The summed E-state index contributed by atoms with van der Waals surface area (Å²) in [7, 11) is 0. The van der Waals surface area contributed by atoms with E-state index in [4.69, 9.17) is 0 Å². The smallest absolute Gasteiger partial charge is 0.352 e. The maximum absolute atomic E-state index is 12.7. The van der Waals surface area contributed by atoms with Crippen LogP contribution in [0.1, 0.15) is 31.4 Å². The molecule has 6 heteroatoms. The Kier molecular flexibility index (Phi) is 6.01. The SMILES string of the molecule is CC(C)NCCC(=O)NCc1ccccc1C(F)(F)F. The standard InChI is InChI=1S/C14H19F3N2O/c1-10(2)18-8-7-13(20)19-9-11-5-3-4-6-12(11)14(15,16)17/h3-6,10,18H,7-9H2,1-2H3,(H,19,20). The lowest BCUT2D eigenvalue weighted by Crippen LogP contribution is -2.30. The van der Waals surface area contributed by atoms with Crippen molar-refractivity contribution in [2.75, 3.05) is 6.54 Å². The van der Waals surface area contributed by atoms with Crippen molar-refractivity contribution in [2.24, 2.45) is 0 Å². The molecule has 0 radical (unpaired) electrons. The van der Waals surface area contributed by atoms with Crippen LogP contribution in [0, 0.1) is 0 Å². The summed E-state index contributed by atoms with van der Waals surface area (Å²) in [5, 5.41) is 5.58. The van der Waals surface area contributed by atoms with Crippen LogP contribution in [-0.2, 0) is 17.5 Å². The van der Waals surface area contributed by atoms with Crippen molar-refractivity contribution in [3.8, 4) is 0 Å². The van der Waals surface area contributed by atoms with E-state index < -0.39 is 11.7 Å². The van der Waals surface area contributed by atoms with Crippen LogP contribution in [0.3, 0.4) is 0 Å². The topological polar surface area (TPSA) is 41.1 Å². The van der Waals surface area contributed by atoms with E-state index in [1.54, 1.807) is 0 Å². The van der Waals surface area contributed by atoms with Gasteiger partial charge in [-0.15, -0.1) is 0 Å². The molecule has 20 heavy (non-hydrogen) atoms. The summed E-state index contributed by atoms with van der Waals surface area (Å²) in [4.78, 5) is 11.5. The zero-order valence-electron chi connectivity index (χ0n) is 11.6. The van der Waals surface area contributed by atoms with Crippen LogP contribution in [0.2, 0.25) is 0 Å². The quantitative estimate of drug-likeness (QED) is 0.845. The Morgan fingerprint density at radius 3 is 2.50 bits per heavy atom. The zero-order chi connectivity index (χ0) is 15.2. The monoisotopic (exact) mass is 288 g/mol. The Balaban J connectivity index is 2.52. The van der Waals surface area contributed by atoms with Crippen molar-refractivity contribution in [2.45, 2.75) is 39.0 Å². The average molecular weight is 288 g/mol. The number of halogens is 3. The van der Waals surface area contributed by atoms with E-state index in [1.165, 1.54) is 18.2 Å². The van der Waals surface area contributed by atoms with Crippen LogP contribution < -0.4 is 10.6 Å². The molecule has 0 bridgehead atoms. The molecule has 1 amide bonds. The van der Waals surface area contributed by atoms with Crippen LogP contribution in [0.5, 0.6) is 0 Å². The molecule has 0 aliphatic heterocycles. The largest absolute Gasteiger partial charge is 0.416 e. The van der Waals surface area contributed by atoms with Gasteiger partial charge in [0, 0.05) is 25.6 Å². The van der Waals surface area contributed by atoms with Gasteiger partial charge in [0.25, 0.3) is 0 Å². The molecular formula is C14H19F3N2O. The summed E-state index contributed by atoms with van der Waals surface area (Å²) in [6, 6.07) is 5.52. The van der Waals surface area contributed by atoms with E-state index in [0.29, 0.717) is 6.54 Å². The number of hydrogen-bond donors (Lipinski definition) is 2. The summed E-state index contributed by atoms with van der Waals surface area (Å²) in [6.45, 7) is 4.30. The fraction of sp³-hybridized carbons (Fsp3) is 0.500. The maximum Gasteiger partial charge on any atom is 0.416 e.